The quantitative estimate of drug-likeness (QED) is 0.588. The average molecular weight is 227 g/mol. The van der Waals surface area contributed by atoms with E-state index in [1.165, 1.54) is 17.1 Å². The lowest BCUT2D eigenvalue weighted by Gasteiger charge is -2.12. The summed E-state index contributed by atoms with van der Waals surface area (Å²) in [5.41, 5.74) is 5.67. The lowest BCUT2D eigenvalue weighted by molar-refractivity contribution is 0.736. The standard InChI is InChI=1S/C11H17NS2/c1-3-9-13-14-10-5-4-7-11(2,12)8-6-10/h4-8H,3,9,12H2,1-2H3. The van der Waals surface area contributed by atoms with Crippen LogP contribution in [0.2, 0.25) is 0 Å². The van der Waals surface area contributed by atoms with E-state index >= 15 is 0 Å². The first-order chi connectivity index (χ1) is 6.64. The van der Waals surface area contributed by atoms with Gasteiger partial charge in [-0.15, -0.1) is 0 Å². The molecule has 1 nitrogen and oxygen atoms in total. The van der Waals surface area contributed by atoms with Gasteiger partial charge in [-0.3, -0.25) is 0 Å². The Labute approximate surface area is 94.3 Å². The third kappa shape index (κ3) is 4.40. The van der Waals surface area contributed by atoms with Crippen LogP contribution in [0.1, 0.15) is 20.3 Å². The fourth-order valence-electron chi connectivity index (χ4n) is 0.972. The van der Waals surface area contributed by atoms with E-state index in [-0.39, 0.29) is 5.54 Å². The predicted octanol–water partition coefficient (Wildman–Crippen LogP) is 3.51. The molecule has 1 aliphatic rings. The molecule has 0 amide bonds. The van der Waals surface area contributed by atoms with Crippen LogP contribution >= 0.6 is 21.6 Å². The van der Waals surface area contributed by atoms with Crippen LogP contribution in [0.3, 0.4) is 0 Å². The van der Waals surface area contributed by atoms with Crippen molar-refractivity contribution in [3.63, 3.8) is 0 Å². The summed E-state index contributed by atoms with van der Waals surface area (Å²) >= 11 is 0. The van der Waals surface area contributed by atoms with Crippen molar-refractivity contribution in [2.45, 2.75) is 25.8 Å². The van der Waals surface area contributed by atoms with E-state index in [9.17, 15) is 0 Å². The zero-order valence-corrected chi connectivity index (χ0v) is 10.3. The zero-order valence-electron chi connectivity index (χ0n) is 8.69. The van der Waals surface area contributed by atoms with Gasteiger partial charge in [-0.25, -0.2) is 0 Å². The van der Waals surface area contributed by atoms with Gasteiger partial charge in [-0.2, -0.15) is 0 Å². The normalized spacial score (nSPS) is 26.1. The SMILES string of the molecule is CCCSSC1=CC=CC(C)(N)C=C1. The third-order valence-electron chi connectivity index (χ3n) is 1.77. The molecular formula is C11H17NS2. The van der Waals surface area contributed by atoms with E-state index < -0.39 is 0 Å². The summed E-state index contributed by atoms with van der Waals surface area (Å²) in [5, 5.41) is 0. The highest BCUT2D eigenvalue weighted by Gasteiger charge is 2.10. The molecular weight excluding hydrogens is 210 g/mol. The maximum atomic E-state index is 5.97. The molecule has 78 valence electrons. The van der Waals surface area contributed by atoms with Crippen molar-refractivity contribution >= 4 is 21.6 Å². The minimum Gasteiger partial charge on any atom is -0.319 e. The molecule has 0 aromatic heterocycles. The Morgan fingerprint density at radius 3 is 2.93 bits per heavy atom. The predicted molar refractivity (Wildman–Crippen MR) is 69.3 cm³/mol. The topological polar surface area (TPSA) is 26.0 Å². The molecule has 0 spiro atoms. The van der Waals surface area contributed by atoms with E-state index in [0.29, 0.717) is 0 Å². The fraction of sp³-hybridized carbons (Fsp3) is 0.455. The van der Waals surface area contributed by atoms with Gasteiger partial charge in [0.25, 0.3) is 0 Å². The van der Waals surface area contributed by atoms with Crippen LogP contribution in [0.15, 0.2) is 35.3 Å². The molecule has 3 heteroatoms. The smallest absolute Gasteiger partial charge is 0.0502 e. The van der Waals surface area contributed by atoms with Gasteiger partial charge in [0.05, 0.1) is 5.54 Å². The molecule has 0 saturated carbocycles. The second kappa shape index (κ2) is 5.69. The molecule has 14 heavy (non-hydrogen) atoms. The van der Waals surface area contributed by atoms with Gasteiger partial charge in [0.2, 0.25) is 0 Å². The van der Waals surface area contributed by atoms with Crippen molar-refractivity contribution in [3.05, 3.63) is 35.3 Å². The average Bonchev–Trinajstić information content (AvgIpc) is 2.28. The Hall–Kier alpha value is -0.120. The van der Waals surface area contributed by atoms with Gasteiger partial charge >= 0.3 is 0 Å². The van der Waals surface area contributed by atoms with Gasteiger partial charge in [0.15, 0.2) is 0 Å². The van der Waals surface area contributed by atoms with Crippen molar-refractivity contribution in [2.24, 2.45) is 5.73 Å². The minimum atomic E-state index is -0.297. The Kier molecular flexibility index (Phi) is 4.85. The van der Waals surface area contributed by atoms with Crippen molar-refractivity contribution in [1.29, 1.82) is 0 Å². The van der Waals surface area contributed by atoms with Crippen LogP contribution in [-0.2, 0) is 0 Å². The molecule has 1 atom stereocenters. The zero-order chi connectivity index (χ0) is 10.4. The third-order valence-corrected chi connectivity index (χ3v) is 4.35. The maximum Gasteiger partial charge on any atom is 0.0502 e. The van der Waals surface area contributed by atoms with E-state index in [2.05, 4.69) is 19.1 Å². The highest BCUT2D eigenvalue weighted by Crippen LogP contribution is 2.32. The summed E-state index contributed by atoms with van der Waals surface area (Å²) in [6, 6.07) is 0. The van der Waals surface area contributed by atoms with E-state index in [0.717, 1.165) is 0 Å². The first-order valence-corrected chi connectivity index (χ1v) is 7.13. The first-order valence-electron chi connectivity index (χ1n) is 4.81. The van der Waals surface area contributed by atoms with E-state index in [4.69, 9.17) is 5.73 Å². The summed E-state index contributed by atoms with van der Waals surface area (Å²) in [6.07, 6.45) is 11.5. The molecule has 2 N–H and O–H groups in total. The molecule has 0 aromatic carbocycles. The monoisotopic (exact) mass is 227 g/mol. The van der Waals surface area contributed by atoms with Gasteiger partial charge in [-0.1, -0.05) is 46.7 Å². The van der Waals surface area contributed by atoms with Crippen molar-refractivity contribution in [2.75, 3.05) is 5.75 Å². The molecule has 0 radical (unpaired) electrons. The fourth-order valence-corrected chi connectivity index (χ4v) is 3.11. The van der Waals surface area contributed by atoms with Gasteiger partial charge < -0.3 is 5.73 Å². The molecule has 1 unspecified atom stereocenters. The number of allylic oxidation sites excluding steroid dienone is 3. The number of rotatable bonds is 4. The van der Waals surface area contributed by atoms with Crippen molar-refractivity contribution in [3.8, 4) is 0 Å². The Balaban J connectivity index is 2.48. The van der Waals surface area contributed by atoms with E-state index in [1.54, 1.807) is 0 Å². The Bertz CT molecular complexity index is 264. The second-order valence-electron chi connectivity index (χ2n) is 3.53. The van der Waals surface area contributed by atoms with Crippen LogP contribution in [-0.4, -0.2) is 11.3 Å². The molecule has 1 rings (SSSR count). The van der Waals surface area contributed by atoms with Gasteiger partial charge in [0, 0.05) is 10.7 Å². The number of hydrogen-bond acceptors (Lipinski definition) is 3. The molecule has 0 bridgehead atoms. The Morgan fingerprint density at radius 2 is 2.21 bits per heavy atom. The molecule has 0 aliphatic heterocycles. The van der Waals surface area contributed by atoms with Crippen molar-refractivity contribution in [1.82, 2.24) is 0 Å². The van der Waals surface area contributed by atoms with Crippen LogP contribution in [0.5, 0.6) is 0 Å². The second-order valence-corrected chi connectivity index (χ2v) is 6.02. The number of nitrogens with two attached hydrogens (primary N) is 1. The number of hydrogen-bond donors (Lipinski definition) is 1. The van der Waals surface area contributed by atoms with Crippen molar-refractivity contribution < 1.29 is 0 Å². The largest absolute Gasteiger partial charge is 0.319 e. The molecule has 0 saturated heterocycles. The molecule has 0 aromatic rings. The van der Waals surface area contributed by atoms with Crippen LogP contribution < -0.4 is 5.73 Å². The lowest BCUT2D eigenvalue weighted by Crippen LogP contribution is -2.30. The molecule has 1 aliphatic carbocycles. The summed E-state index contributed by atoms with van der Waals surface area (Å²) in [4.78, 5) is 1.27. The van der Waals surface area contributed by atoms with Crippen LogP contribution in [0, 0.1) is 0 Å². The maximum absolute atomic E-state index is 5.97. The summed E-state index contributed by atoms with van der Waals surface area (Å²) in [6.45, 7) is 4.20. The molecule has 0 fully saturated rings. The molecule has 0 heterocycles. The lowest BCUT2D eigenvalue weighted by atomic mass is 10.0. The first kappa shape index (κ1) is 12.0. The Morgan fingerprint density at radius 1 is 1.43 bits per heavy atom. The van der Waals surface area contributed by atoms with Crippen LogP contribution in [0.4, 0.5) is 0 Å². The van der Waals surface area contributed by atoms with E-state index in [1.807, 2.05) is 46.7 Å². The highest BCUT2D eigenvalue weighted by molar-refractivity contribution is 8.78. The van der Waals surface area contributed by atoms with Crippen LogP contribution in [0.25, 0.3) is 0 Å². The highest BCUT2D eigenvalue weighted by atomic mass is 33.1. The summed E-state index contributed by atoms with van der Waals surface area (Å²) in [5.74, 6) is 1.19. The van der Waals surface area contributed by atoms with Gasteiger partial charge in [-0.05, 0) is 25.5 Å². The minimum absolute atomic E-state index is 0.297. The summed E-state index contributed by atoms with van der Waals surface area (Å²) < 4.78 is 0. The summed E-state index contributed by atoms with van der Waals surface area (Å²) in [7, 11) is 3.71. The van der Waals surface area contributed by atoms with Gasteiger partial charge in [0.1, 0.15) is 0 Å².